The average molecular weight is 226 g/mol. The summed E-state index contributed by atoms with van der Waals surface area (Å²) < 4.78 is 0. The van der Waals surface area contributed by atoms with Crippen LogP contribution in [0.25, 0.3) is 0 Å². The fourth-order valence-corrected chi connectivity index (χ4v) is 2.24. The topological polar surface area (TPSA) is 83.6 Å². The molecule has 1 atom stereocenters. The summed E-state index contributed by atoms with van der Waals surface area (Å²) in [6.07, 6.45) is 3.36. The van der Waals surface area contributed by atoms with Gasteiger partial charge in [0.1, 0.15) is 0 Å². The molecule has 1 saturated carbocycles. The van der Waals surface area contributed by atoms with Gasteiger partial charge in [-0.05, 0) is 31.6 Å². The van der Waals surface area contributed by atoms with Crippen molar-refractivity contribution in [1.82, 2.24) is 4.90 Å². The van der Waals surface area contributed by atoms with E-state index in [1.165, 1.54) is 0 Å². The summed E-state index contributed by atoms with van der Waals surface area (Å²) in [6, 6.07) is 0. The molecule has 16 heavy (non-hydrogen) atoms. The Kier molecular flexibility index (Phi) is 2.88. The van der Waals surface area contributed by atoms with Crippen LogP contribution in [0.3, 0.4) is 0 Å². The minimum Gasteiger partial charge on any atom is -0.481 e. The van der Waals surface area contributed by atoms with E-state index in [4.69, 9.17) is 10.8 Å². The van der Waals surface area contributed by atoms with Crippen molar-refractivity contribution in [1.29, 1.82) is 0 Å². The molecule has 1 aliphatic heterocycles. The third-order valence-electron chi connectivity index (χ3n) is 3.55. The highest BCUT2D eigenvalue weighted by molar-refractivity contribution is 5.89. The molecule has 1 unspecified atom stereocenters. The SMILES string of the molecule is NC1(C(=O)N2CCC(CCC(=O)O)C2)CC1. The Bertz CT molecular complexity index is 312. The number of likely N-dealkylation sites (tertiary alicyclic amines) is 1. The number of carbonyl (C=O) groups excluding carboxylic acids is 1. The number of hydrogen-bond donors (Lipinski definition) is 2. The zero-order valence-corrected chi connectivity index (χ0v) is 9.32. The zero-order valence-electron chi connectivity index (χ0n) is 9.32. The van der Waals surface area contributed by atoms with Crippen molar-refractivity contribution in [3.8, 4) is 0 Å². The van der Waals surface area contributed by atoms with E-state index in [9.17, 15) is 9.59 Å². The summed E-state index contributed by atoms with van der Waals surface area (Å²) in [5, 5.41) is 8.59. The van der Waals surface area contributed by atoms with Gasteiger partial charge in [0.15, 0.2) is 0 Å². The lowest BCUT2D eigenvalue weighted by Gasteiger charge is -2.20. The first-order chi connectivity index (χ1) is 7.51. The van der Waals surface area contributed by atoms with E-state index in [0.717, 1.165) is 25.8 Å². The number of aliphatic carboxylic acids is 1. The highest BCUT2D eigenvalue weighted by Gasteiger charge is 2.49. The van der Waals surface area contributed by atoms with Gasteiger partial charge in [-0.2, -0.15) is 0 Å². The molecule has 5 nitrogen and oxygen atoms in total. The Morgan fingerprint density at radius 1 is 1.44 bits per heavy atom. The molecule has 2 rings (SSSR count). The minimum absolute atomic E-state index is 0.0605. The monoisotopic (exact) mass is 226 g/mol. The lowest BCUT2D eigenvalue weighted by atomic mass is 10.0. The maximum atomic E-state index is 11.9. The molecule has 1 saturated heterocycles. The molecule has 0 aromatic carbocycles. The Hall–Kier alpha value is -1.10. The van der Waals surface area contributed by atoms with Crippen molar-refractivity contribution in [3.63, 3.8) is 0 Å². The van der Waals surface area contributed by atoms with E-state index in [-0.39, 0.29) is 12.3 Å². The highest BCUT2D eigenvalue weighted by atomic mass is 16.4. The smallest absolute Gasteiger partial charge is 0.303 e. The molecule has 0 aromatic rings. The van der Waals surface area contributed by atoms with Gasteiger partial charge in [-0.1, -0.05) is 0 Å². The second-order valence-electron chi connectivity index (χ2n) is 4.99. The summed E-state index contributed by atoms with van der Waals surface area (Å²) in [5.74, 6) is -0.366. The van der Waals surface area contributed by atoms with Gasteiger partial charge in [-0.15, -0.1) is 0 Å². The molecule has 3 N–H and O–H groups in total. The van der Waals surface area contributed by atoms with E-state index in [0.29, 0.717) is 18.9 Å². The lowest BCUT2D eigenvalue weighted by molar-refractivity contribution is -0.137. The molecule has 5 heteroatoms. The Labute approximate surface area is 94.6 Å². The molecule has 0 spiro atoms. The van der Waals surface area contributed by atoms with Gasteiger partial charge in [0.05, 0.1) is 5.54 Å². The second-order valence-corrected chi connectivity index (χ2v) is 4.99. The number of rotatable bonds is 4. The normalized spacial score (nSPS) is 26.8. The first-order valence-electron chi connectivity index (χ1n) is 5.81. The molecule has 1 aliphatic carbocycles. The number of carbonyl (C=O) groups is 2. The summed E-state index contributed by atoms with van der Waals surface area (Å²) >= 11 is 0. The lowest BCUT2D eigenvalue weighted by Crippen LogP contribution is -2.44. The standard InChI is InChI=1S/C11H18N2O3/c12-11(4-5-11)10(16)13-6-3-8(7-13)1-2-9(14)15/h8H,1-7,12H2,(H,14,15). The first kappa shape index (κ1) is 11.4. The van der Waals surface area contributed by atoms with Crippen LogP contribution < -0.4 is 5.73 Å². The van der Waals surface area contributed by atoms with Crippen molar-refractivity contribution in [2.45, 2.75) is 37.6 Å². The van der Waals surface area contributed by atoms with Gasteiger partial charge in [-0.3, -0.25) is 9.59 Å². The van der Waals surface area contributed by atoms with Crippen LogP contribution >= 0.6 is 0 Å². The molecule has 0 bridgehead atoms. The van der Waals surface area contributed by atoms with E-state index in [1.807, 2.05) is 0 Å². The maximum Gasteiger partial charge on any atom is 0.303 e. The molecule has 2 fully saturated rings. The van der Waals surface area contributed by atoms with Gasteiger partial charge in [0.2, 0.25) is 5.91 Å². The molecule has 90 valence electrons. The van der Waals surface area contributed by atoms with Crippen molar-refractivity contribution in [2.75, 3.05) is 13.1 Å². The second kappa shape index (κ2) is 4.05. The number of carboxylic acids is 1. The number of nitrogens with two attached hydrogens (primary N) is 1. The Morgan fingerprint density at radius 3 is 2.69 bits per heavy atom. The van der Waals surface area contributed by atoms with E-state index < -0.39 is 11.5 Å². The van der Waals surface area contributed by atoms with E-state index in [2.05, 4.69) is 0 Å². The van der Waals surface area contributed by atoms with Crippen molar-refractivity contribution in [3.05, 3.63) is 0 Å². The molecule has 0 radical (unpaired) electrons. The predicted molar refractivity (Wildman–Crippen MR) is 57.7 cm³/mol. The molecule has 0 aromatic heterocycles. The van der Waals surface area contributed by atoms with Crippen LogP contribution in [0.15, 0.2) is 0 Å². The summed E-state index contributed by atoms with van der Waals surface area (Å²) in [7, 11) is 0. The molecular formula is C11H18N2O3. The largest absolute Gasteiger partial charge is 0.481 e. The van der Waals surface area contributed by atoms with Gasteiger partial charge in [0.25, 0.3) is 0 Å². The number of amides is 1. The van der Waals surface area contributed by atoms with Crippen molar-refractivity contribution < 1.29 is 14.7 Å². The van der Waals surface area contributed by atoms with Gasteiger partial charge in [-0.25, -0.2) is 0 Å². The van der Waals surface area contributed by atoms with Crippen LogP contribution in [0.4, 0.5) is 0 Å². The molecule has 2 aliphatic rings. The fraction of sp³-hybridized carbons (Fsp3) is 0.818. The molecule has 1 amide bonds. The Balaban J connectivity index is 1.79. The maximum absolute atomic E-state index is 11.9. The number of nitrogens with zero attached hydrogens (tertiary/aromatic N) is 1. The number of hydrogen-bond acceptors (Lipinski definition) is 3. The minimum atomic E-state index is -0.762. The first-order valence-corrected chi connectivity index (χ1v) is 5.81. The van der Waals surface area contributed by atoms with Crippen LogP contribution in [0.5, 0.6) is 0 Å². The fourth-order valence-electron chi connectivity index (χ4n) is 2.24. The van der Waals surface area contributed by atoms with Gasteiger partial charge < -0.3 is 15.7 Å². The molecular weight excluding hydrogens is 208 g/mol. The highest BCUT2D eigenvalue weighted by Crippen LogP contribution is 2.36. The van der Waals surface area contributed by atoms with Gasteiger partial charge in [0, 0.05) is 19.5 Å². The van der Waals surface area contributed by atoms with Gasteiger partial charge >= 0.3 is 5.97 Å². The Morgan fingerprint density at radius 2 is 2.12 bits per heavy atom. The van der Waals surface area contributed by atoms with Crippen molar-refractivity contribution >= 4 is 11.9 Å². The zero-order chi connectivity index (χ0) is 11.8. The summed E-state index contributed by atoms with van der Waals surface area (Å²) in [5.41, 5.74) is 5.27. The quantitative estimate of drug-likeness (QED) is 0.716. The third-order valence-corrected chi connectivity index (χ3v) is 3.55. The van der Waals surface area contributed by atoms with Crippen LogP contribution in [-0.2, 0) is 9.59 Å². The van der Waals surface area contributed by atoms with Crippen LogP contribution in [0, 0.1) is 5.92 Å². The summed E-state index contributed by atoms with van der Waals surface area (Å²) in [6.45, 7) is 1.42. The van der Waals surface area contributed by atoms with Crippen LogP contribution in [-0.4, -0.2) is 40.5 Å². The van der Waals surface area contributed by atoms with Crippen molar-refractivity contribution in [2.24, 2.45) is 11.7 Å². The predicted octanol–water partition coefficient (Wildman–Crippen LogP) is 0.191. The molecule has 1 heterocycles. The van der Waals surface area contributed by atoms with E-state index in [1.54, 1.807) is 4.90 Å². The van der Waals surface area contributed by atoms with E-state index >= 15 is 0 Å². The third kappa shape index (κ3) is 2.35. The van der Waals surface area contributed by atoms with Crippen LogP contribution in [0.2, 0.25) is 0 Å². The summed E-state index contributed by atoms with van der Waals surface area (Å²) in [4.78, 5) is 24.1. The van der Waals surface area contributed by atoms with Crippen LogP contribution in [0.1, 0.15) is 32.1 Å². The number of carboxylic acid groups (broad SMARTS) is 1. The average Bonchev–Trinajstić information content (AvgIpc) is 2.82.